The third-order valence-electron chi connectivity index (χ3n) is 2.37. The van der Waals surface area contributed by atoms with Crippen LogP contribution in [0.25, 0.3) is 0 Å². The highest BCUT2D eigenvalue weighted by Crippen LogP contribution is 2.04. The molecule has 0 radical (unpaired) electrons. The number of thiocarbonyl (C=S) groups is 1. The van der Waals surface area contributed by atoms with Crippen LogP contribution in [0, 0.1) is 0 Å². The minimum atomic E-state index is 0.599. The Kier molecular flexibility index (Phi) is 5.29. The van der Waals surface area contributed by atoms with Crippen LogP contribution in [0.5, 0.6) is 0 Å². The van der Waals surface area contributed by atoms with E-state index in [9.17, 15) is 0 Å². The quantitative estimate of drug-likeness (QED) is 0.748. The highest BCUT2D eigenvalue weighted by molar-refractivity contribution is 7.80. The zero-order chi connectivity index (χ0) is 11.1. The van der Waals surface area contributed by atoms with Crippen molar-refractivity contribution in [1.82, 2.24) is 4.90 Å². The van der Waals surface area contributed by atoms with E-state index in [1.807, 2.05) is 6.07 Å². The van der Waals surface area contributed by atoms with Gasteiger partial charge in [-0.3, -0.25) is 4.90 Å². The second-order valence-corrected chi connectivity index (χ2v) is 4.10. The molecule has 0 heterocycles. The third kappa shape index (κ3) is 4.91. The molecule has 3 heteroatoms. The molecular formula is C12H18N2S. The van der Waals surface area contributed by atoms with Crippen molar-refractivity contribution < 1.29 is 0 Å². The standard InChI is InChI=1S/C12H18N2S/c1-2-14(9-8-12(13)15)10-11-6-4-3-5-7-11/h3-7H,2,8-10H2,1H3,(H2,13,15). The van der Waals surface area contributed by atoms with Crippen LogP contribution in [0.2, 0.25) is 0 Å². The van der Waals surface area contributed by atoms with Gasteiger partial charge in [-0.05, 0) is 12.1 Å². The summed E-state index contributed by atoms with van der Waals surface area (Å²) in [5, 5.41) is 0. The monoisotopic (exact) mass is 222 g/mol. The van der Waals surface area contributed by atoms with Crippen molar-refractivity contribution in [1.29, 1.82) is 0 Å². The Labute approximate surface area is 97.1 Å². The largest absolute Gasteiger partial charge is 0.393 e. The maximum atomic E-state index is 5.49. The van der Waals surface area contributed by atoms with Crippen molar-refractivity contribution in [3.8, 4) is 0 Å². The van der Waals surface area contributed by atoms with Crippen LogP contribution in [0.3, 0.4) is 0 Å². The van der Waals surface area contributed by atoms with Gasteiger partial charge in [0.05, 0.1) is 4.99 Å². The molecular weight excluding hydrogens is 204 g/mol. The zero-order valence-electron chi connectivity index (χ0n) is 9.15. The molecule has 1 rings (SSSR count). The molecule has 1 aromatic carbocycles. The molecule has 0 aliphatic carbocycles. The van der Waals surface area contributed by atoms with Crippen LogP contribution in [0.15, 0.2) is 30.3 Å². The minimum absolute atomic E-state index is 0.599. The first-order valence-corrected chi connectivity index (χ1v) is 5.67. The van der Waals surface area contributed by atoms with Gasteiger partial charge in [-0.15, -0.1) is 0 Å². The van der Waals surface area contributed by atoms with Gasteiger partial charge in [0.2, 0.25) is 0 Å². The van der Waals surface area contributed by atoms with Crippen LogP contribution in [0.4, 0.5) is 0 Å². The van der Waals surface area contributed by atoms with Crippen LogP contribution in [-0.2, 0) is 6.54 Å². The highest BCUT2D eigenvalue weighted by atomic mass is 32.1. The van der Waals surface area contributed by atoms with Gasteiger partial charge in [-0.25, -0.2) is 0 Å². The Bertz CT molecular complexity index is 298. The lowest BCUT2D eigenvalue weighted by molar-refractivity contribution is 0.288. The summed E-state index contributed by atoms with van der Waals surface area (Å²) in [6, 6.07) is 10.5. The molecule has 0 saturated carbocycles. The summed E-state index contributed by atoms with van der Waals surface area (Å²) < 4.78 is 0. The molecule has 0 saturated heterocycles. The van der Waals surface area contributed by atoms with Gasteiger partial charge in [0.1, 0.15) is 0 Å². The van der Waals surface area contributed by atoms with Crippen LogP contribution >= 0.6 is 12.2 Å². The molecule has 0 atom stereocenters. The lowest BCUT2D eigenvalue weighted by Crippen LogP contribution is -2.27. The lowest BCUT2D eigenvalue weighted by Gasteiger charge is -2.19. The first kappa shape index (κ1) is 12.1. The fraction of sp³-hybridized carbons (Fsp3) is 0.417. The number of benzene rings is 1. The summed E-state index contributed by atoms with van der Waals surface area (Å²) in [5.74, 6) is 0. The van der Waals surface area contributed by atoms with E-state index in [-0.39, 0.29) is 0 Å². The number of hydrogen-bond acceptors (Lipinski definition) is 2. The Hall–Kier alpha value is -0.930. The van der Waals surface area contributed by atoms with E-state index in [0.29, 0.717) is 4.99 Å². The van der Waals surface area contributed by atoms with Crippen LogP contribution < -0.4 is 5.73 Å². The molecule has 15 heavy (non-hydrogen) atoms. The molecule has 2 N–H and O–H groups in total. The molecule has 0 fully saturated rings. The van der Waals surface area contributed by atoms with E-state index in [4.69, 9.17) is 18.0 Å². The summed E-state index contributed by atoms with van der Waals surface area (Å²) in [6.07, 6.45) is 0.802. The van der Waals surface area contributed by atoms with E-state index >= 15 is 0 Å². The molecule has 0 amide bonds. The minimum Gasteiger partial charge on any atom is -0.393 e. The number of nitrogens with zero attached hydrogens (tertiary/aromatic N) is 1. The Balaban J connectivity index is 2.43. The van der Waals surface area contributed by atoms with Crippen molar-refractivity contribution in [3.05, 3.63) is 35.9 Å². The fourth-order valence-corrected chi connectivity index (χ4v) is 1.55. The molecule has 0 spiro atoms. The maximum Gasteiger partial charge on any atom is 0.0740 e. The number of hydrogen-bond donors (Lipinski definition) is 1. The van der Waals surface area contributed by atoms with Gasteiger partial charge in [-0.2, -0.15) is 0 Å². The SMILES string of the molecule is CCN(CCC(N)=S)Cc1ccccc1. The first-order chi connectivity index (χ1) is 7.22. The van der Waals surface area contributed by atoms with Gasteiger partial charge in [0, 0.05) is 19.5 Å². The van der Waals surface area contributed by atoms with Crippen molar-refractivity contribution in [2.45, 2.75) is 19.9 Å². The Morgan fingerprint density at radius 2 is 2.00 bits per heavy atom. The number of nitrogens with two attached hydrogens (primary N) is 1. The van der Waals surface area contributed by atoms with Crippen molar-refractivity contribution in [2.75, 3.05) is 13.1 Å². The number of rotatable bonds is 6. The maximum absolute atomic E-state index is 5.49. The predicted molar refractivity (Wildman–Crippen MR) is 68.8 cm³/mol. The fourth-order valence-electron chi connectivity index (χ4n) is 1.46. The molecule has 0 unspecified atom stereocenters. The zero-order valence-corrected chi connectivity index (χ0v) is 9.96. The third-order valence-corrected chi connectivity index (χ3v) is 2.57. The average Bonchev–Trinajstić information content (AvgIpc) is 2.25. The second-order valence-electron chi connectivity index (χ2n) is 3.57. The average molecular weight is 222 g/mol. The molecule has 0 aliphatic heterocycles. The van der Waals surface area contributed by atoms with E-state index < -0.39 is 0 Å². The summed E-state index contributed by atoms with van der Waals surface area (Å²) in [7, 11) is 0. The predicted octanol–water partition coefficient (Wildman–Crippen LogP) is 2.18. The highest BCUT2D eigenvalue weighted by Gasteiger charge is 2.03. The van der Waals surface area contributed by atoms with E-state index in [2.05, 4.69) is 36.1 Å². The van der Waals surface area contributed by atoms with Crippen molar-refractivity contribution >= 4 is 17.2 Å². The van der Waals surface area contributed by atoms with Crippen LogP contribution in [0.1, 0.15) is 18.9 Å². The van der Waals surface area contributed by atoms with Crippen LogP contribution in [-0.4, -0.2) is 23.0 Å². The summed E-state index contributed by atoms with van der Waals surface area (Å²) in [6.45, 7) is 5.10. The van der Waals surface area contributed by atoms with Gasteiger partial charge >= 0.3 is 0 Å². The summed E-state index contributed by atoms with van der Waals surface area (Å²) in [4.78, 5) is 2.94. The molecule has 0 aliphatic rings. The van der Waals surface area contributed by atoms with E-state index in [1.165, 1.54) is 5.56 Å². The van der Waals surface area contributed by atoms with Gasteiger partial charge < -0.3 is 5.73 Å². The topological polar surface area (TPSA) is 29.3 Å². The molecule has 82 valence electrons. The van der Waals surface area contributed by atoms with Gasteiger partial charge in [0.15, 0.2) is 0 Å². The Morgan fingerprint density at radius 1 is 1.33 bits per heavy atom. The second kappa shape index (κ2) is 6.53. The molecule has 0 aromatic heterocycles. The van der Waals surface area contributed by atoms with E-state index in [0.717, 1.165) is 26.1 Å². The molecule has 0 bridgehead atoms. The lowest BCUT2D eigenvalue weighted by atomic mass is 10.2. The van der Waals surface area contributed by atoms with E-state index in [1.54, 1.807) is 0 Å². The Morgan fingerprint density at radius 3 is 2.53 bits per heavy atom. The molecule has 2 nitrogen and oxygen atoms in total. The van der Waals surface area contributed by atoms with Crippen molar-refractivity contribution in [3.63, 3.8) is 0 Å². The molecule has 1 aromatic rings. The van der Waals surface area contributed by atoms with Gasteiger partial charge in [0.25, 0.3) is 0 Å². The smallest absolute Gasteiger partial charge is 0.0740 e. The first-order valence-electron chi connectivity index (χ1n) is 5.27. The normalized spacial score (nSPS) is 10.5. The summed E-state index contributed by atoms with van der Waals surface area (Å²) in [5.41, 5.74) is 6.83. The summed E-state index contributed by atoms with van der Waals surface area (Å²) >= 11 is 4.88. The van der Waals surface area contributed by atoms with Crippen molar-refractivity contribution in [2.24, 2.45) is 5.73 Å². The van der Waals surface area contributed by atoms with Gasteiger partial charge in [-0.1, -0.05) is 49.5 Å².